The van der Waals surface area contributed by atoms with E-state index in [4.69, 9.17) is 9.47 Å². The second-order valence-electron chi connectivity index (χ2n) is 8.64. The van der Waals surface area contributed by atoms with Gasteiger partial charge in [-0.25, -0.2) is 9.18 Å². The molecule has 1 aliphatic carbocycles. The molecule has 0 saturated heterocycles. The fourth-order valence-corrected chi connectivity index (χ4v) is 5.35. The average molecular weight is 496 g/mol. The molecule has 5 nitrogen and oxygen atoms in total. The average Bonchev–Trinajstić information content (AvgIpc) is 2.86. The molecule has 2 unspecified atom stereocenters. The van der Waals surface area contributed by atoms with Crippen LogP contribution in [-0.2, 0) is 14.3 Å². The van der Waals surface area contributed by atoms with E-state index < -0.39 is 17.7 Å². The Hall–Kier alpha value is -3.06. The quantitative estimate of drug-likeness (QED) is 0.386. The summed E-state index contributed by atoms with van der Waals surface area (Å²) in [6.07, 6.45) is 0.872. The third kappa shape index (κ3) is 5.30. The maximum atomic E-state index is 15.0. The summed E-state index contributed by atoms with van der Waals surface area (Å²) in [6, 6.07) is 14.1. The second-order valence-corrected chi connectivity index (χ2v) is 10.0. The van der Waals surface area contributed by atoms with E-state index in [1.165, 1.54) is 6.07 Å². The molecule has 0 aromatic heterocycles. The number of dihydropyridines is 1. The first-order chi connectivity index (χ1) is 16.9. The summed E-state index contributed by atoms with van der Waals surface area (Å²) in [5, 5.41) is 3.31. The summed E-state index contributed by atoms with van der Waals surface area (Å²) in [6.45, 7) is 4.09. The first-order valence-corrected chi connectivity index (χ1v) is 13.0. The lowest BCUT2D eigenvalue weighted by molar-refractivity contribution is -0.138. The van der Waals surface area contributed by atoms with Crippen LogP contribution in [0.15, 0.2) is 71.1 Å². The first kappa shape index (κ1) is 25.0. The van der Waals surface area contributed by atoms with Crippen LogP contribution in [0.25, 0.3) is 0 Å². The van der Waals surface area contributed by atoms with E-state index in [0.29, 0.717) is 34.6 Å². The minimum absolute atomic E-state index is 0.0201. The van der Waals surface area contributed by atoms with Gasteiger partial charge in [-0.1, -0.05) is 37.3 Å². The number of nitrogens with one attached hydrogen (secondary N) is 1. The highest BCUT2D eigenvalue weighted by molar-refractivity contribution is 7.99. The summed E-state index contributed by atoms with van der Waals surface area (Å²) in [7, 11) is 1.62. The van der Waals surface area contributed by atoms with Crippen LogP contribution in [0.4, 0.5) is 4.39 Å². The molecule has 0 bridgehead atoms. The van der Waals surface area contributed by atoms with Crippen LogP contribution in [0, 0.1) is 5.82 Å². The highest BCUT2D eigenvalue weighted by Crippen LogP contribution is 2.46. The predicted molar refractivity (Wildman–Crippen MR) is 136 cm³/mol. The summed E-state index contributed by atoms with van der Waals surface area (Å²) < 4.78 is 25.8. The van der Waals surface area contributed by atoms with Gasteiger partial charge in [0.25, 0.3) is 0 Å². The van der Waals surface area contributed by atoms with Crippen molar-refractivity contribution >= 4 is 23.5 Å². The smallest absolute Gasteiger partial charge is 0.336 e. The number of carbonyl (C=O) groups is 2. The van der Waals surface area contributed by atoms with Crippen molar-refractivity contribution in [3.8, 4) is 5.75 Å². The number of ketones is 1. The molecular formula is C28H30FNO4S. The van der Waals surface area contributed by atoms with Crippen LogP contribution in [0.5, 0.6) is 5.75 Å². The van der Waals surface area contributed by atoms with Crippen LogP contribution in [-0.4, -0.2) is 37.0 Å². The molecule has 0 fully saturated rings. The molecular weight excluding hydrogens is 465 g/mol. The molecule has 0 amide bonds. The lowest BCUT2D eigenvalue weighted by Crippen LogP contribution is -2.36. The second kappa shape index (κ2) is 11.1. The van der Waals surface area contributed by atoms with E-state index in [1.807, 2.05) is 31.2 Å². The van der Waals surface area contributed by atoms with Gasteiger partial charge in [-0.3, -0.25) is 4.79 Å². The molecule has 184 valence electrons. The van der Waals surface area contributed by atoms with Crippen molar-refractivity contribution in [1.82, 2.24) is 5.32 Å². The maximum Gasteiger partial charge on any atom is 0.336 e. The van der Waals surface area contributed by atoms with Crippen molar-refractivity contribution in [3.63, 3.8) is 0 Å². The molecule has 0 spiro atoms. The molecule has 2 aliphatic rings. The highest BCUT2D eigenvalue weighted by atomic mass is 32.2. The fraction of sp³-hybridized carbons (Fsp3) is 0.357. The lowest BCUT2D eigenvalue weighted by atomic mass is 9.71. The zero-order valence-electron chi connectivity index (χ0n) is 20.2. The van der Waals surface area contributed by atoms with E-state index in [1.54, 1.807) is 44.0 Å². The number of halogens is 1. The van der Waals surface area contributed by atoms with Crippen molar-refractivity contribution < 1.29 is 23.5 Å². The van der Waals surface area contributed by atoms with Gasteiger partial charge in [-0.15, -0.1) is 0 Å². The van der Waals surface area contributed by atoms with Crippen LogP contribution < -0.4 is 10.1 Å². The standard InChI is InChI=1S/C28H30FNO4S/c1-4-35-14-13-34-28(32)25-17(2)30-23-15-19(18-9-11-20(33-3)12-10-18)16-24(31)27(23)26(25)21-7-5-6-8-22(21)29/h5-12,19,26,30H,4,13-16H2,1-3H3. The van der Waals surface area contributed by atoms with Gasteiger partial charge < -0.3 is 14.8 Å². The van der Waals surface area contributed by atoms with Crippen molar-refractivity contribution in [2.45, 2.75) is 38.5 Å². The van der Waals surface area contributed by atoms with Crippen molar-refractivity contribution in [2.75, 3.05) is 25.2 Å². The topological polar surface area (TPSA) is 64.6 Å². The van der Waals surface area contributed by atoms with Crippen LogP contribution in [0.2, 0.25) is 0 Å². The lowest BCUT2D eigenvalue weighted by Gasteiger charge is -2.36. The minimum Gasteiger partial charge on any atom is -0.497 e. The number of methoxy groups -OCH3 is 1. The van der Waals surface area contributed by atoms with Gasteiger partial charge in [0.1, 0.15) is 18.2 Å². The number of allylic oxidation sites excluding steroid dienone is 3. The van der Waals surface area contributed by atoms with Crippen LogP contribution in [0.3, 0.4) is 0 Å². The van der Waals surface area contributed by atoms with Crippen molar-refractivity contribution in [2.24, 2.45) is 0 Å². The Kier molecular flexibility index (Phi) is 7.96. The fourth-order valence-electron chi connectivity index (χ4n) is 4.86. The Morgan fingerprint density at radius 1 is 1.14 bits per heavy atom. The van der Waals surface area contributed by atoms with Crippen molar-refractivity contribution in [1.29, 1.82) is 0 Å². The van der Waals surface area contributed by atoms with Gasteiger partial charge in [0.15, 0.2) is 5.78 Å². The Bertz CT molecular complexity index is 1170. The normalized spacial score (nSPS) is 19.8. The molecule has 7 heteroatoms. The summed E-state index contributed by atoms with van der Waals surface area (Å²) in [5.41, 5.74) is 3.44. The number of carbonyl (C=O) groups excluding carboxylic acids is 2. The zero-order chi connectivity index (χ0) is 24.9. The maximum absolute atomic E-state index is 15.0. The summed E-state index contributed by atoms with van der Waals surface area (Å²) >= 11 is 1.68. The summed E-state index contributed by atoms with van der Waals surface area (Å²) in [5.74, 6) is 0.489. The molecule has 4 rings (SSSR count). The number of Topliss-reactive ketones (excluding diaryl/α,β-unsaturated/α-hetero) is 1. The van der Waals surface area contributed by atoms with Crippen molar-refractivity contribution in [3.05, 3.63) is 88.0 Å². The molecule has 0 saturated carbocycles. The Labute approximate surface area is 209 Å². The molecule has 2 aromatic carbocycles. The van der Waals surface area contributed by atoms with E-state index in [-0.39, 0.29) is 24.7 Å². The van der Waals surface area contributed by atoms with Gasteiger partial charge in [0, 0.05) is 34.7 Å². The molecule has 2 atom stereocenters. The van der Waals surface area contributed by atoms with Crippen LogP contribution in [0.1, 0.15) is 49.7 Å². The van der Waals surface area contributed by atoms with E-state index in [2.05, 4.69) is 5.32 Å². The van der Waals surface area contributed by atoms with E-state index in [0.717, 1.165) is 22.8 Å². The zero-order valence-corrected chi connectivity index (χ0v) is 21.0. The number of thioether (sulfide) groups is 1. The van der Waals surface area contributed by atoms with E-state index in [9.17, 15) is 9.59 Å². The largest absolute Gasteiger partial charge is 0.497 e. The number of hydrogen-bond acceptors (Lipinski definition) is 6. The number of benzene rings is 2. The summed E-state index contributed by atoms with van der Waals surface area (Å²) in [4.78, 5) is 26.8. The SMILES string of the molecule is CCSCCOC(=O)C1=C(C)NC2=C(C(=O)CC(c3ccc(OC)cc3)C2)C1c1ccccc1F. The van der Waals surface area contributed by atoms with Crippen LogP contribution >= 0.6 is 11.8 Å². The molecule has 1 heterocycles. The van der Waals surface area contributed by atoms with Gasteiger partial charge >= 0.3 is 5.97 Å². The highest BCUT2D eigenvalue weighted by Gasteiger charge is 2.42. The molecule has 35 heavy (non-hydrogen) atoms. The first-order valence-electron chi connectivity index (χ1n) is 11.8. The van der Waals surface area contributed by atoms with Gasteiger partial charge in [0.2, 0.25) is 0 Å². The molecule has 0 radical (unpaired) electrons. The Morgan fingerprint density at radius 3 is 2.57 bits per heavy atom. The van der Waals surface area contributed by atoms with E-state index >= 15 is 4.39 Å². The molecule has 1 aliphatic heterocycles. The molecule has 2 aromatic rings. The molecule has 1 N–H and O–H groups in total. The third-order valence-electron chi connectivity index (χ3n) is 6.52. The number of rotatable bonds is 8. The van der Waals surface area contributed by atoms with Gasteiger partial charge in [-0.05, 0) is 48.8 Å². The minimum atomic E-state index is -0.803. The Morgan fingerprint density at radius 2 is 1.89 bits per heavy atom. The Balaban J connectivity index is 1.70. The third-order valence-corrected chi connectivity index (χ3v) is 7.38. The number of ether oxygens (including phenoxy) is 2. The van der Waals surface area contributed by atoms with Gasteiger partial charge in [0.05, 0.1) is 18.6 Å². The number of esters is 1. The number of hydrogen-bond donors (Lipinski definition) is 1. The van der Waals surface area contributed by atoms with Gasteiger partial charge in [-0.2, -0.15) is 11.8 Å². The predicted octanol–water partition coefficient (Wildman–Crippen LogP) is 5.49. The monoisotopic (exact) mass is 495 g/mol.